The van der Waals surface area contributed by atoms with Gasteiger partial charge in [-0.15, -0.1) is 0 Å². The summed E-state index contributed by atoms with van der Waals surface area (Å²) in [5.41, 5.74) is 7.19. The number of halogens is 1. The molecule has 0 atom stereocenters. The van der Waals surface area contributed by atoms with Gasteiger partial charge in [0.15, 0.2) is 0 Å². The number of hydrogen-bond donors (Lipinski definition) is 1. The molecule has 2 amide bonds. The Kier molecular flexibility index (Phi) is 4.11. The highest BCUT2D eigenvalue weighted by Crippen LogP contribution is 2.29. The second-order valence-electron chi connectivity index (χ2n) is 3.85. The number of carbonyl (C=O) groups is 1. The molecule has 2 N–H and O–H groups in total. The number of urea groups is 1. The van der Waals surface area contributed by atoms with Crippen LogP contribution in [0.5, 0.6) is 0 Å². The van der Waals surface area contributed by atoms with E-state index in [1.165, 1.54) is 4.90 Å². The molecule has 2 heterocycles. The van der Waals surface area contributed by atoms with E-state index in [0.29, 0.717) is 12.4 Å². The van der Waals surface area contributed by atoms with Gasteiger partial charge in [0, 0.05) is 40.7 Å². The first-order valence-corrected chi connectivity index (χ1v) is 6.55. The van der Waals surface area contributed by atoms with Crippen LogP contribution in [0.15, 0.2) is 41.3 Å². The standard InChI is InChI=1S/C13H13BrN4O/c1-2-18(13(15)19)12-6-10(11(14)8-17-12)9-4-3-5-16-7-9/h3-8H,2H2,1H3,(H2,15,19). The van der Waals surface area contributed by atoms with Crippen molar-refractivity contribution in [3.05, 3.63) is 41.3 Å². The highest BCUT2D eigenvalue weighted by atomic mass is 79.9. The molecule has 0 aliphatic carbocycles. The van der Waals surface area contributed by atoms with Crippen LogP contribution in [-0.4, -0.2) is 22.5 Å². The van der Waals surface area contributed by atoms with E-state index in [1.54, 1.807) is 18.6 Å². The van der Waals surface area contributed by atoms with E-state index in [1.807, 2.05) is 25.1 Å². The van der Waals surface area contributed by atoms with Crippen LogP contribution in [0.4, 0.5) is 10.6 Å². The quantitative estimate of drug-likeness (QED) is 0.945. The molecule has 0 unspecified atom stereocenters. The second kappa shape index (κ2) is 5.79. The van der Waals surface area contributed by atoms with Crippen molar-refractivity contribution in [3.8, 4) is 11.1 Å². The number of aromatic nitrogens is 2. The van der Waals surface area contributed by atoms with Crippen LogP contribution in [0.1, 0.15) is 6.92 Å². The van der Waals surface area contributed by atoms with Crippen molar-refractivity contribution < 1.29 is 4.79 Å². The van der Waals surface area contributed by atoms with Crippen LogP contribution in [0.2, 0.25) is 0 Å². The summed E-state index contributed by atoms with van der Waals surface area (Å²) in [6.07, 6.45) is 5.12. The average Bonchev–Trinajstić information content (AvgIpc) is 2.42. The third kappa shape index (κ3) is 2.90. The number of nitrogens with two attached hydrogens (primary N) is 1. The van der Waals surface area contributed by atoms with Crippen LogP contribution in [0.3, 0.4) is 0 Å². The van der Waals surface area contributed by atoms with Gasteiger partial charge in [-0.1, -0.05) is 6.07 Å². The van der Waals surface area contributed by atoms with Crippen molar-refractivity contribution in [1.29, 1.82) is 0 Å². The van der Waals surface area contributed by atoms with Crippen LogP contribution in [0.25, 0.3) is 11.1 Å². The minimum Gasteiger partial charge on any atom is -0.351 e. The summed E-state index contributed by atoms with van der Waals surface area (Å²) in [7, 11) is 0. The third-order valence-electron chi connectivity index (χ3n) is 2.67. The van der Waals surface area contributed by atoms with Crippen molar-refractivity contribution in [2.45, 2.75) is 6.92 Å². The van der Waals surface area contributed by atoms with E-state index in [4.69, 9.17) is 5.73 Å². The van der Waals surface area contributed by atoms with Gasteiger partial charge in [0.25, 0.3) is 0 Å². The molecule has 0 saturated carbocycles. The zero-order valence-corrected chi connectivity index (χ0v) is 12.0. The van der Waals surface area contributed by atoms with Gasteiger partial charge in [0.2, 0.25) is 0 Å². The van der Waals surface area contributed by atoms with Crippen molar-refractivity contribution >= 4 is 27.8 Å². The first-order chi connectivity index (χ1) is 9.13. The number of nitrogens with zero attached hydrogens (tertiary/aromatic N) is 3. The average molecular weight is 321 g/mol. The van der Waals surface area contributed by atoms with Crippen LogP contribution in [-0.2, 0) is 0 Å². The Morgan fingerprint density at radius 3 is 2.84 bits per heavy atom. The Balaban J connectivity index is 2.49. The topological polar surface area (TPSA) is 72.1 Å². The van der Waals surface area contributed by atoms with Crippen LogP contribution < -0.4 is 10.6 Å². The van der Waals surface area contributed by atoms with E-state index < -0.39 is 6.03 Å². The largest absolute Gasteiger partial charge is 0.351 e. The molecular formula is C13H13BrN4O. The summed E-state index contributed by atoms with van der Waals surface area (Å²) in [5, 5.41) is 0. The van der Waals surface area contributed by atoms with Crippen molar-refractivity contribution in [3.63, 3.8) is 0 Å². The molecule has 0 aromatic carbocycles. The number of carbonyl (C=O) groups excluding carboxylic acids is 1. The molecule has 0 radical (unpaired) electrons. The maximum Gasteiger partial charge on any atom is 0.320 e. The lowest BCUT2D eigenvalue weighted by Gasteiger charge is -2.18. The van der Waals surface area contributed by atoms with E-state index in [-0.39, 0.29) is 0 Å². The minimum atomic E-state index is -0.519. The molecule has 0 aliphatic heterocycles. The monoisotopic (exact) mass is 320 g/mol. The van der Waals surface area contributed by atoms with E-state index in [9.17, 15) is 4.79 Å². The molecule has 0 fully saturated rings. The Labute approximate surface area is 119 Å². The van der Waals surface area contributed by atoms with Gasteiger partial charge in [-0.3, -0.25) is 9.88 Å². The summed E-state index contributed by atoms with van der Waals surface area (Å²) in [4.78, 5) is 21.1. The van der Waals surface area contributed by atoms with Crippen LogP contribution in [0, 0.1) is 0 Å². The van der Waals surface area contributed by atoms with Gasteiger partial charge in [-0.25, -0.2) is 9.78 Å². The second-order valence-corrected chi connectivity index (χ2v) is 4.70. The maximum atomic E-state index is 11.3. The summed E-state index contributed by atoms with van der Waals surface area (Å²) >= 11 is 3.45. The zero-order chi connectivity index (χ0) is 13.8. The molecule has 98 valence electrons. The van der Waals surface area contributed by atoms with Crippen molar-refractivity contribution in [2.75, 3.05) is 11.4 Å². The summed E-state index contributed by atoms with van der Waals surface area (Å²) in [6, 6.07) is 5.09. The van der Waals surface area contributed by atoms with Gasteiger partial charge < -0.3 is 5.73 Å². The van der Waals surface area contributed by atoms with E-state index in [2.05, 4.69) is 25.9 Å². The molecule has 5 nitrogen and oxygen atoms in total. The number of primary amides is 1. The first kappa shape index (κ1) is 13.5. The highest BCUT2D eigenvalue weighted by molar-refractivity contribution is 9.10. The summed E-state index contributed by atoms with van der Waals surface area (Å²) < 4.78 is 0.838. The lowest BCUT2D eigenvalue weighted by molar-refractivity contribution is 0.254. The lowest BCUT2D eigenvalue weighted by atomic mass is 10.1. The fourth-order valence-electron chi connectivity index (χ4n) is 1.75. The van der Waals surface area contributed by atoms with Gasteiger partial charge >= 0.3 is 6.03 Å². The van der Waals surface area contributed by atoms with Gasteiger partial charge in [0.1, 0.15) is 5.82 Å². The van der Waals surface area contributed by atoms with Gasteiger partial charge in [-0.2, -0.15) is 0 Å². The van der Waals surface area contributed by atoms with E-state index in [0.717, 1.165) is 15.6 Å². The predicted molar refractivity (Wildman–Crippen MR) is 77.8 cm³/mol. The lowest BCUT2D eigenvalue weighted by Crippen LogP contribution is -2.36. The smallest absolute Gasteiger partial charge is 0.320 e. The van der Waals surface area contributed by atoms with E-state index >= 15 is 0 Å². The van der Waals surface area contributed by atoms with Crippen molar-refractivity contribution in [1.82, 2.24) is 9.97 Å². The molecule has 2 rings (SSSR count). The highest BCUT2D eigenvalue weighted by Gasteiger charge is 2.14. The number of pyridine rings is 2. The fraction of sp³-hybridized carbons (Fsp3) is 0.154. The molecule has 0 spiro atoms. The predicted octanol–water partition coefficient (Wildman–Crippen LogP) is 2.81. The fourth-order valence-corrected chi connectivity index (χ4v) is 2.20. The minimum absolute atomic E-state index is 0.469. The number of anilines is 1. The maximum absolute atomic E-state index is 11.3. The normalized spacial score (nSPS) is 10.2. The Morgan fingerprint density at radius 1 is 1.47 bits per heavy atom. The molecule has 2 aromatic heterocycles. The molecule has 0 bridgehead atoms. The Morgan fingerprint density at radius 2 is 2.26 bits per heavy atom. The molecule has 6 heteroatoms. The number of hydrogen-bond acceptors (Lipinski definition) is 3. The molecule has 19 heavy (non-hydrogen) atoms. The van der Waals surface area contributed by atoms with Crippen LogP contribution >= 0.6 is 15.9 Å². The molecule has 0 saturated heterocycles. The summed E-state index contributed by atoms with van der Waals surface area (Å²) in [5.74, 6) is 0.525. The molecule has 0 aliphatic rings. The zero-order valence-electron chi connectivity index (χ0n) is 10.4. The molecule has 2 aromatic rings. The van der Waals surface area contributed by atoms with Gasteiger partial charge in [0.05, 0.1) is 0 Å². The Bertz CT molecular complexity index is 588. The SMILES string of the molecule is CCN(C(N)=O)c1cc(-c2cccnc2)c(Br)cn1. The number of amides is 2. The third-order valence-corrected chi connectivity index (χ3v) is 3.30. The first-order valence-electron chi connectivity index (χ1n) is 5.76. The van der Waals surface area contributed by atoms with Gasteiger partial charge in [-0.05, 0) is 35.0 Å². The summed E-state index contributed by atoms with van der Waals surface area (Å²) in [6.45, 7) is 2.31. The molecular weight excluding hydrogens is 308 g/mol. The van der Waals surface area contributed by atoms with Crippen molar-refractivity contribution in [2.24, 2.45) is 5.73 Å². The Hall–Kier alpha value is -1.95. The number of rotatable bonds is 3.